The summed E-state index contributed by atoms with van der Waals surface area (Å²) in [5.74, 6) is 0.870. The average molecular weight is 359 g/mol. The van der Waals surface area contributed by atoms with E-state index >= 15 is 0 Å². The second-order valence-electron chi connectivity index (χ2n) is 6.61. The molecule has 2 N–H and O–H groups in total. The number of nitrogens with zero attached hydrogens (tertiary/aromatic N) is 1. The van der Waals surface area contributed by atoms with Gasteiger partial charge in [0.15, 0.2) is 0 Å². The van der Waals surface area contributed by atoms with Crippen LogP contribution in [-0.2, 0) is 6.42 Å². The number of aromatic amines is 1. The van der Waals surface area contributed by atoms with E-state index in [4.69, 9.17) is 4.74 Å². The van der Waals surface area contributed by atoms with E-state index in [0.717, 1.165) is 51.5 Å². The van der Waals surface area contributed by atoms with Gasteiger partial charge >= 0.3 is 0 Å². The Morgan fingerprint density at radius 2 is 2.04 bits per heavy atom. The Bertz CT molecular complexity index is 1030. The summed E-state index contributed by atoms with van der Waals surface area (Å²) in [7, 11) is 1.68. The summed E-state index contributed by atoms with van der Waals surface area (Å²) in [4.78, 5) is 19.8. The predicted molar refractivity (Wildman–Crippen MR) is 107 cm³/mol. The molecule has 0 aliphatic carbocycles. The van der Waals surface area contributed by atoms with Crippen LogP contribution in [-0.4, -0.2) is 29.5 Å². The second kappa shape index (κ2) is 7.11. The first-order chi connectivity index (χ1) is 13.1. The molecule has 0 fully saturated rings. The van der Waals surface area contributed by atoms with Crippen molar-refractivity contribution in [3.8, 4) is 17.0 Å². The molecule has 1 amide bonds. The molecule has 1 aromatic carbocycles. The van der Waals surface area contributed by atoms with Crippen LogP contribution in [0.1, 0.15) is 32.9 Å². The number of carbonyl (C=O) groups excluding carboxylic acids is 1. The molecule has 0 bridgehead atoms. The maximum Gasteiger partial charge on any atom is 0.253 e. The maximum atomic E-state index is 12.0. The van der Waals surface area contributed by atoms with Crippen molar-refractivity contribution in [3.63, 3.8) is 0 Å². The SMILES string of the molecule is COc1ccc(/C=C/c2cc(-c3cc4c([nH]3)CCNC4=O)ccn2)cc1C. The molecule has 27 heavy (non-hydrogen) atoms. The summed E-state index contributed by atoms with van der Waals surface area (Å²) >= 11 is 0. The van der Waals surface area contributed by atoms with Gasteiger partial charge in [0.1, 0.15) is 5.75 Å². The summed E-state index contributed by atoms with van der Waals surface area (Å²) in [6.07, 6.45) is 6.63. The molecule has 5 nitrogen and oxygen atoms in total. The third-order valence-electron chi connectivity index (χ3n) is 4.76. The quantitative estimate of drug-likeness (QED) is 0.743. The van der Waals surface area contributed by atoms with Crippen LogP contribution in [0.15, 0.2) is 42.6 Å². The molecule has 1 aliphatic rings. The van der Waals surface area contributed by atoms with Crippen LogP contribution in [0.4, 0.5) is 0 Å². The van der Waals surface area contributed by atoms with Gasteiger partial charge in [0.25, 0.3) is 5.91 Å². The molecule has 0 saturated carbocycles. The largest absolute Gasteiger partial charge is 0.496 e. The Morgan fingerprint density at radius 1 is 1.15 bits per heavy atom. The van der Waals surface area contributed by atoms with E-state index in [1.54, 1.807) is 13.3 Å². The molecule has 1 aliphatic heterocycles. The lowest BCUT2D eigenvalue weighted by Crippen LogP contribution is -2.31. The third-order valence-corrected chi connectivity index (χ3v) is 4.76. The zero-order valence-corrected chi connectivity index (χ0v) is 15.4. The van der Waals surface area contributed by atoms with E-state index in [2.05, 4.69) is 21.4 Å². The van der Waals surface area contributed by atoms with Crippen molar-refractivity contribution in [1.29, 1.82) is 0 Å². The highest BCUT2D eigenvalue weighted by molar-refractivity contribution is 5.97. The number of nitrogens with one attached hydrogen (secondary N) is 2. The number of hydrogen-bond acceptors (Lipinski definition) is 3. The Morgan fingerprint density at radius 3 is 2.81 bits per heavy atom. The van der Waals surface area contributed by atoms with Crippen LogP contribution in [0.3, 0.4) is 0 Å². The Balaban J connectivity index is 1.59. The molecule has 0 spiro atoms. The van der Waals surface area contributed by atoms with Crippen LogP contribution >= 0.6 is 0 Å². The topological polar surface area (TPSA) is 67.0 Å². The maximum absolute atomic E-state index is 12.0. The van der Waals surface area contributed by atoms with Crippen molar-refractivity contribution in [2.75, 3.05) is 13.7 Å². The first-order valence-corrected chi connectivity index (χ1v) is 8.93. The molecule has 3 heterocycles. The smallest absolute Gasteiger partial charge is 0.253 e. The molecule has 5 heteroatoms. The number of H-pyrrole nitrogens is 1. The minimum absolute atomic E-state index is 0.0113. The monoisotopic (exact) mass is 359 g/mol. The van der Waals surface area contributed by atoms with Crippen molar-refractivity contribution in [2.45, 2.75) is 13.3 Å². The number of fused-ring (bicyclic) bond motifs is 1. The van der Waals surface area contributed by atoms with E-state index in [0.29, 0.717) is 6.54 Å². The number of pyridine rings is 1. The molecule has 3 aromatic rings. The van der Waals surface area contributed by atoms with Gasteiger partial charge in [-0.05, 0) is 54.5 Å². The summed E-state index contributed by atoms with van der Waals surface area (Å²) < 4.78 is 5.30. The number of carbonyl (C=O) groups is 1. The highest BCUT2D eigenvalue weighted by atomic mass is 16.5. The Kier molecular flexibility index (Phi) is 4.50. The lowest BCUT2D eigenvalue weighted by Gasteiger charge is -2.10. The highest BCUT2D eigenvalue weighted by Gasteiger charge is 2.19. The molecule has 4 rings (SSSR count). The van der Waals surface area contributed by atoms with Gasteiger partial charge in [-0.3, -0.25) is 9.78 Å². The minimum Gasteiger partial charge on any atom is -0.496 e. The van der Waals surface area contributed by atoms with Crippen molar-refractivity contribution in [2.24, 2.45) is 0 Å². The van der Waals surface area contributed by atoms with Gasteiger partial charge in [-0.1, -0.05) is 12.1 Å². The van der Waals surface area contributed by atoms with Crippen LogP contribution in [0.2, 0.25) is 0 Å². The van der Waals surface area contributed by atoms with Gasteiger partial charge in [0.05, 0.1) is 18.4 Å². The number of amides is 1. The Hall–Kier alpha value is -3.34. The van der Waals surface area contributed by atoms with Crippen molar-refractivity contribution in [3.05, 3.63) is 70.7 Å². The molecule has 2 aromatic heterocycles. The van der Waals surface area contributed by atoms with Crippen LogP contribution in [0.25, 0.3) is 23.4 Å². The van der Waals surface area contributed by atoms with Gasteiger partial charge in [0, 0.05) is 36.1 Å². The molecule has 0 radical (unpaired) electrons. The lowest BCUT2D eigenvalue weighted by molar-refractivity contribution is 0.0946. The highest BCUT2D eigenvalue weighted by Crippen LogP contribution is 2.25. The summed E-state index contributed by atoms with van der Waals surface area (Å²) in [6.45, 7) is 2.70. The van der Waals surface area contributed by atoms with Crippen molar-refractivity contribution >= 4 is 18.1 Å². The number of methoxy groups -OCH3 is 1. The first kappa shape index (κ1) is 17.1. The van der Waals surface area contributed by atoms with Crippen molar-refractivity contribution in [1.82, 2.24) is 15.3 Å². The fourth-order valence-electron chi connectivity index (χ4n) is 3.34. The molecule has 0 unspecified atom stereocenters. The van der Waals surface area contributed by atoms with Gasteiger partial charge in [-0.15, -0.1) is 0 Å². The molecular formula is C22H21N3O2. The molecule has 0 saturated heterocycles. The van der Waals surface area contributed by atoms with E-state index in [-0.39, 0.29) is 5.91 Å². The standard InChI is InChI=1S/C22H21N3O2/c1-14-11-15(4-6-21(14)27-2)3-5-17-12-16(7-9-23-17)20-13-18-19(25-20)8-10-24-22(18)26/h3-7,9,11-13,25H,8,10H2,1-2H3,(H,24,26)/b5-3+. The number of rotatable bonds is 4. The average Bonchev–Trinajstić information content (AvgIpc) is 3.13. The molecule has 136 valence electrons. The second-order valence-corrected chi connectivity index (χ2v) is 6.61. The van der Waals surface area contributed by atoms with Gasteiger partial charge < -0.3 is 15.0 Å². The zero-order valence-electron chi connectivity index (χ0n) is 15.4. The van der Waals surface area contributed by atoms with E-state index in [1.807, 2.05) is 49.4 Å². The number of ether oxygens (including phenoxy) is 1. The predicted octanol–water partition coefficient (Wildman–Crippen LogP) is 3.85. The number of aryl methyl sites for hydroxylation is 1. The number of aromatic nitrogens is 2. The lowest BCUT2D eigenvalue weighted by atomic mass is 10.1. The zero-order chi connectivity index (χ0) is 18.8. The fraction of sp³-hybridized carbons (Fsp3) is 0.182. The summed E-state index contributed by atoms with van der Waals surface area (Å²) in [5, 5.41) is 2.87. The third kappa shape index (κ3) is 3.49. The van der Waals surface area contributed by atoms with E-state index in [1.165, 1.54) is 0 Å². The van der Waals surface area contributed by atoms with E-state index in [9.17, 15) is 4.79 Å². The summed E-state index contributed by atoms with van der Waals surface area (Å²) in [5.41, 5.74) is 6.73. The van der Waals surface area contributed by atoms with Crippen LogP contribution < -0.4 is 10.1 Å². The van der Waals surface area contributed by atoms with Crippen LogP contribution in [0, 0.1) is 6.92 Å². The summed E-state index contributed by atoms with van der Waals surface area (Å²) in [6, 6.07) is 11.9. The van der Waals surface area contributed by atoms with Gasteiger partial charge in [0.2, 0.25) is 0 Å². The minimum atomic E-state index is -0.0113. The van der Waals surface area contributed by atoms with Gasteiger partial charge in [-0.25, -0.2) is 0 Å². The van der Waals surface area contributed by atoms with E-state index < -0.39 is 0 Å². The number of hydrogen-bond donors (Lipinski definition) is 2. The first-order valence-electron chi connectivity index (χ1n) is 8.93. The molecule has 0 atom stereocenters. The Labute approximate surface area is 158 Å². The van der Waals surface area contributed by atoms with Crippen LogP contribution in [0.5, 0.6) is 5.75 Å². The van der Waals surface area contributed by atoms with Gasteiger partial charge in [-0.2, -0.15) is 0 Å². The van der Waals surface area contributed by atoms with Crippen molar-refractivity contribution < 1.29 is 9.53 Å². The molecular weight excluding hydrogens is 338 g/mol. The normalized spacial score (nSPS) is 13.5. The number of benzene rings is 1. The fourth-order valence-corrected chi connectivity index (χ4v) is 3.34.